The standard InChI is InChI=1S/C13H22N2O/c1-3-4-7-14-13(16)15(2)12-9-10-5-6-11(12)8-10/h5-6,10-12H,3-4,7-9H2,1-2H3,(H,14,16)/t10-,11-,12+/m0/s1. The maximum atomic E-state index is 11.9. The fourth-order valence-electron chi connectivity index (χ4n) is 2.84. The van der Waals surface area contributed by atoms with Crippen LogP contribution in [0.25, 0.3) is 0 Å². The molecule has 1 fully saturated rings. The van der Waals surface area contributed by atoms with Gasteiger partial charge in [0.05, 0.1) is 0 Å². The molecule has 0 spiro atoms. The van der Waals surface area contributed by atoms with E-state index in [1.165, 1.54) is 6.42 Å². The molecule has 0 heterocycles. The predicted octanol–water partition coefficient (Wildman–Crippen LogP) is 2.39. The van der Waals surface area contributed by atoms with E-state index in [-0.39, 0.29) is 6.03 Å². The first-order chi connectivity index (χ1) is 7.72. The van der Waals surface area contributed by atoms with E-state index in [1.807, 2.05) is 11.9 Å². The number of nitrogens with one attached hydrogen (secondary N) is 1. The average Bonchev–Trinajstić information content (AvgIpc) is 2.90. The molecule has 2 aliphatic rings. The molecule has 1 saturated carbocycles. The summed E-state index contributed by atoms with van der Waals surface area (Å²) in [5.74, 6) is 1.33. The van der Waals surface area contributed by atoms with Crippen LogP contribution in [0.4, 0.5) is 4.79 Å². The molecule has 1 N–H and O–H groups in total. The Kier molecular flexibility index (Phi) is 3.52. The van der Waals surface area contributed by atoms with Crippen molar-refractivity contribution in [3.63, 3.8) is 0 Å². The highest BCUT2D eigenvalue weighted by molar-refractivity contribution is 5.74. The maximum Gasteiger partial charge on any atom is 0.317 e. The largest absolute Gasteiger partial charge is 0.338 e. The van der Waals surface area contributed by atoms with E-state index in [0.717, 1.165) is 31.7 Å². The van der Waals surface area contributed by atoms with E-state index in [4.69, 9.17) is 0 Å². The van der Waals surface area contributed by atoms with E-state index in [1.54, 1.807) is 0 Å². The van der Waals surface area contributed by atoms with Gasteiger partial charge in [0.15, 0.2) is 0 Å². The third kappa shape index (κ3) is 2.23. The van der Waals surface area contributed by atoms with Crippen LogP contribution in [0.1, 0.15) is 32.6 Å². The number of unbranched alkanes of at least 4 members (excludes halogenated alkanes) is 1. The van der Waals surface area contributed by atoms with Gasteiger partial charge in [-0.3, -0.25) is 0 Å². The highest BCUT2D eigenvalue weighted by Crippen LogP contribution is 2.41. The minimum absolute atomic E-state index is 0.0967. The average molecular weight is 222 g/mol. The summed E-state index contributed by atoms with van der Waals surface area (Å²) in [4.78, 5) is 13.8. The Morgan fingerprint density at radius 3 is 2.81 bits per heavy atom. The van der Waals surface area contributed by atoms with Crippen molar-refractivity contribution in [3.8, 4) is 0 Å². The molecule has 2 amide bonds. The number of urea groups is 1. The van der Waals surface area contributed by atoms with Crippen LogP contribution in [0.5, 0.6) is 0 Å². The fraction of sp³-hybridized carbons (Fsp3) is 0.769. The Hall–Kier alpha value is -0.990. The van der Waals surface area contributed by atoms with Crippen LogP contribution in [0.2, 0.25) is 0 Å². The number of carbonyl (C=O) groups excluding carboxylic acids is 1. The zero-order valence-electron chi connectivity index (χ0n) is 10.3. The molecule has 0 radical (unpaired) electrons. The zero-order valence-corrected chi connectivity index (χ0v) is 10.3. The van der Waals surface area contributed by atoms with Gasteiger partial charge in [-0.25, -0.2) is 4.79 Å². The van der Waals surface area contributed by atoms with E-state index in [2.05, 4.69) is 24.4 Å². The molecule has 16 heavy (non-hydrogen) atoms. The van der Waals surface area contributed by atoms with Crippen LogP contribution < -0.4 is 5.32 Å². The molecule has 2 aliphatic carbocycles. The summed E-state index contributed by atoms with van der Waals surface area (Å²) in [6.45, 7) is 2.94. The van der Waals surface area contributed by atoms with Crippen molar-refractivity contribution in [2.24, 2.45) is 11.8 Å². The van der Waals surface area contributed by atoms with Gasteiger partial charge in [0, 0.05) is 19.6 Å². The second-order valence-corrected chi connectivity index (χ2v) is 5.04. The number of fused-ring (bicyclic) bond motifs is 2. The maximum absolute atomic E-state index is 11.9. The molecule has 0 unspecified atom stereocenters. The van der Waals surface area contributed by atoms with Crippen molar-refractivity contribution in [2.75, 3.05) is 13.6 Å². The first-order valence-corrected chi connectivity index (χ1v) is 6.41. The Morgan fingerprint density at radius 2 is 2.25 bits per heavy atom. The summed E-state index contributed by atoms with van der Waals surface area (Å²) in [6, 6.07) is 0.524. The number of carbonyl (C=O) groups is 1. The van der Waals surface area contributed by atoms with Gasteiger partial charge < -0.3 is 10.2 Å². The van der Waals surface area contributed by atoms with E-state index >= 15 is 0 Å². The molecule has 90 valence electrons. The summed E-state index contributed by atoms with van der Waals surface area (Å²) < 4.78 is 0. The SMILES string of the molecule is CCCCNC(=O)N(C)[C@@H]1C[C@H]2C=C[C@H]1C2. The lowest BCUT2D eigenvalue weighted by Crippen LogP contribution is -2.45. The van der Waals surface area contributed by atoms with Gasteiger partial charge in [-0.1, -0.05) is 25.5 Å². The highest BCUT2D eigenvalue weighted by atomic mass is 16.2. The Bertz CT molecular complexity index is 288. The number of allylic oxidation sites excluding steroid dienone is 1. The van der Waals surface area contributed by atoms with Gasteiger partial charge in [-0.2, -0.15) is 0 Å². The summed E-state index contributed by atoms with van der Waals surface area (Å²) in [6.07, 6.45) is 9.19. The molecule has 0 aromatic carbocycles. The summed E-state index contributed by atoms with van der Waals surface area (Å²) in [7, 11) is 1.93. The van der Waals surface area contributed by atoms with Crippen LogP contribution in [-0.2, 0) is 0 Å². The molecule has 0 aromatic rings. The minimum atomic E-state index is 0.0967. The first-order valence-electron chi connectivity index (χ1n) is 6.41. The highest BCUT2D eigenvalue weighted by Gasteiger charge is 2.39. The Balaban J connectivity index is 1.81. The van der Waals surface area contributed by atoms with E-state index in [0.29, 0.717) is 12.0 Å². The monoisotopic (exact) mass is 222 g/mol. The van der Waals surface area contributed by atoms with Crippen LogP contribution in [-0.4, -0.2) is 30.6 Å². The van der Waals surface area contributed by atoms with Gasteiger partial charge in [-0.15, -0.1) is 0 Å². The number of rotatable bonds is 4. The number of hydrogen-bond acceptors (Lipinski definition) is 1. The van der Waals surface area contributed by atoms with Crippen molar-refractivity contribution in [1.29, 1.82) is 0 Å². The van der Waals surface area contributed by atoms with E-state index in [9.17, 15) is 4.79 Å². The van der Waals surface area contributed by atoms with Gasteiger partial charge in [0.2, 0.25) is 0 Å². The second kappa shape index (κ2) is 4.89. The van der Waals surface area contributed by atoms with Crippen LogP contribution in [0.15, 0.2) is 12.2 Å². The molecule has 2 rings (SSSR count). The predicted molar refractivity (Wildman–Crippen MR) is 65.2 cm³/mol. The molecule has 0 aliphatic heterocycles. The van der Waals surface area contributed by atoms with Crippen molar-refractivity contribution in [2.45, 2.75) is 38.6 Å². The Labute approximate surface area is 97.9 Å². The Morgan fingerprint density at radius 1 is 1.44 bits per heavy atom. The van der Waals surface area contributed by atoms with Gasteiger partial charge in [0.25, 0.3) is 0 Å². The molecule has 3 atom stereocenters. The molecule has 0 aromatic heterocycles. The van der Waals surface area contributed by atoms with Crippen molar-refractivity contribution in [1.82, 2.24) is 10.2 Å². The van der Waals surface area contributed by atoms with Crippen molar-refractivity contribution >= 4 is 6.03 Å². The van der Waals surface area contributed by atoms with E-state index < -0.39 is 0 Å². The van der Waals surface area contributed by atoms with Crippen LogP contribution >= 0.6 is 0 Å². The molecule has 0 saturated heterocycles. The second-order valence-electron chi connectivity index (χ2n) is 5.04. The lowest BCUT2D eigenvalue weighted by Gasteiger charge is -2.29. The quantitative estimate of drug-likeness (QED) is 0.575. The van der Waals surface area contributed by atoms with Crippen LogP contribution in [0.3, 0.4) is 0 Å². The van der Waals surface area contributed by atoms with Crippen molar-refractivity contribution < 1.29 is 4.79 Å². The molecular weight excluding hydrogens is 200 g/mol. The van der Waals surface area contributed by atoms with Gasteiger partial charge >= 0.3 is 6.03 Å². The summed E-state index contributed by atoms with van der Waals surface area (Å²) in [5.41, 5.74) is 0. The number of amides is 2. The minimum Gasteiger partial charge on any atom is -0.338 e. The third-order valence-electron chi connectivity index (χ3n) is 3.87. The van der Waals surface area contributed by atoms with Crippen molar-refractivity contribution in [3.05, 3.63) is 12.2 Å². The topological polar surface area (TPSA) is 32.3 Å². The molecule has 2 bridgehead atoms. The third-order valence-corrected chi connectivity index (χ3v) is 3.87. The first kappa shape index (κ1) is 11.5. The lowest BCUT2D eigenvalue weighted by atomic mass is 10.0. The summed E-state index contributed by atoms with van der Waals surface area (Å²) in [5, 5.41) is 2.98. The number of nitrogens with zero attached hydrogens (tertiary/aromatic N) is 1. The lowest BCUT2D eigenvalue weighted by molar-refractivity contribution is 0.181. The smallest absolute Gasteiger partial charge is 0.317 e. The zero-order chi connectivity index (χ0) is 11.5. The molecule has 3 heteroatoms. The fourth-order valence-corrected chi connectivity index (χ4v) is 2.84. The van der Waals surface area contributed by atoms with Gasteiger partial charge in [0.1, 0.15) is 0 Å². The van der Waals surface area contributed by atoms with Crippen LogP contribution in [0, 0.1) is 11.8 Å². The molecular formula is C13H22N2O. The number of hydrogen-bond donors (Lipinski definition) is 1. The molecule has 3 nitrogen and oxygen atoms in total. The normalized spacial score (nSPS) is 30.8. The summed E-state index contributed by atoms with van der Waals surface area (Å²) >= 11 is 0. The van der Waals surface area contributed by atoms with Gasteiger partial charge in [-0.05, 0) is 31.1 Å².